The van der Waals surface area contributed by atoms with Crippen LogP contribution in [-0.2, 0) is 23.0 Å². The third-order valence-electron chi connectivity index (χ3n) is 3.81. The molecule has 1 aliphatic rings. The van der Waals surface area contributed by atoms with Crippen LogP contribution in [0.5, 0.6) is 0 Å². The van der Waals surface area contributed by atoms with Crippen LogP contribution >= 0.6 is 0 Å². The van der Waals surface area contributed by atoms with E-state index >= 15 is 0 Å². The zero-order chi connectivity index (χ0) is 14.4. The number of sulfonamides is 1. The van der Waals surface area contributed by atoms with Crippen LogP contribution in [0.15, 0.2) is 24.3 Å². The van der Waals surface area contributed by atoms with Gasteiger partial charge in [-0.25, -0.2) is 13.1 Å². The van der Waals surface area contributed by atoms with Crippen LogP contribution in [-0.4, -0.2) is 38.7 Å². The molecule has 0 saturated carbocycles. The number of hydrogen-bond donors (Lipinski definition) is 1. The molecule has 20 heavy (non-hydrogen) atoms. The summed E-state index contributed by atoms with van der Waals surface area (Å²) in [4.78, 5) is 2.46. The lowest BCUT2D eigenvalue weighted by Crippen LogP contribution is -2.32. The first-order valence-electron chi connectivity index (χ1n) is 7.37. The molecule has 0 atom stereocenters. The van der Waals surface area contributed by atoms with Crippen LogP contribution in [0.25, 0.3) is 0 Å². The van der Waals surface area contributed by atoms with Crippen LogP contribution in [0.2, 0.25) is 0 Å². The Balaban J connectivity index is 1.67. The van der Waals surface area contributed by atoms with Gasteiger partial charge in [-0.3, -0.25) is 4.90 Å². The lowest BCUT2D eigenvalue weighted by molar-refractivity contribution is 0.249. The Morgan fingerprint density at radius 2 is 1.95 bits per heavy atom. The number of nitrogens with one attached hydrogen (secondary N) is 1. The topological polar surface area (TPSA) is 49.4 Å². The van der Waals surface area contributed by atoms with Crippen molar-refractivity contribution in [2.75, 3.05) is 25.4 Å². The van der Waals surface area contributed by atoms with Gasteiger partial charge in [-0.15, -0.1) is 0 Å². The van der Waals surface area contributed by atoms with E-state index in [1.54, 1.807) is 6.92 Å². The van der Waals surface area contributed by atoms with E-state index in [1.807, 2.05) is 0 Å². The summed E-state index contributed by atoms with van der Waals surface area (Å²) in [6.45, 7) is 5.39. The van der Waals surface area contributed by atoms with E-state index in [9.17, 15) is 8.42 Å². The molecule has 0 amide bonds. The zero-order valence-electron chi connectivity index (χ0n) is 12.1. The standard InChI is InChI=1S/C15H24N2O2S/c1-2-20(18,19)16-10-5-6-11-17-12-9-14-7-3-4-8-15(14)13-17/h3-4,7-8,16H,2,5-6,9-13H2,1H3. The first-order chi connectivity index (χ1) is 9.61. The third kappa shape index (κ3) is 4.58. The average molecular weight is 296 g/mol. The first kappa shape index (κ1) is 15.5. The zero-order valence-corrected chi connectivity index (χ0v) is 13.0. The van der Waals surface area contributed by atoms with Crippen molar-refractivity contribution in [1.29, 1.82) is 0 Å². The Morgan fingerprint density at radius 3 is 2.70 bits per heavy atom. The number of nitrogens with zero attached hydrogens (tertiary/aromatic N) is 1. The van der Waals surface area contributed by atoms with Gasteiger partial charge in [0.05, 0.1) is 5.75 Å². The van der Waals surface area contributed by atoms with Gasteiger partial charge >= 0.3 is 0 Å². The minimum Gasteiger partial charge on any atom is -0.299 e. The molecule has 1 N–H and O–H groups in total. The summed E-state index contributed by atoms with van der Waals surface area (Å²) >= 11 is 0. The van der Waals surface area contributed by atoms with Gasteiger partial charge in [0.1, 0.15) is 0 Å². The molecule has 1 aromatic rings. The van der Waals surface area contributed by atoms with Crippen LogP contribution < -0.4 is 4.72 Å². The minimum atomic E-state index is -3.03. The predicted octanol–water partition coefficient (Wildman–Crippen LogP) is 1.76. The number of rotatable bonds is 7. The van der Waals surface area contributed by atoms with Crippen molar-refractivity contribution in [3.05, 3.63) is 35.4 Å². The van der Waals surface area contributed by atoms with E-state index in [0.717, 1.165) is 38.9 Å². The number of unbranched alkanes of at least 4 members (excludes halogenated alkanes) is 1. The molecular weight excluding hydrogens is 272 g/mol. The second-order valence-electron chi connectivity index (χ2n) is 5.30. The highest BCUT2D eigenvalue weighted by molar-refractivity contribution is 7.89. The van der Waals surface area contributed by atoms with Crippen molar-refractivity contribution in [3.8, 4) is 0 Å². The first-order valence-corrected chi connectivity index (χ1v) is 9.02. The predicted molar refractivity (Wildman–Crippen MR) is 82.1 cm³/mol. The molecule has 2 rings (SSSR count). The minimum absolute atomic E-state index is 0.163. The van der Waals surface area contributed by atoms with E-state index in [2.05, 4.69) is 33.9 Å². The summed E-state index contributed by atoms with van der Waals surface area (Å²) < 4.78 is 25.2. The SMILES string of the molecule is CCS(=O)(=O)NCCCCN1CCc2ccccc2C1. The van der Waals surface area contributed by atoms with Gasteiger partial charge in [0.25, 0.3) is 0 Å². The molecule has 112 valence electrons. The fourth-order valence-electron chi connectivity index (χ4n) is 2.54. The number of benzene rings is 1. The Morgan fingerprint density at radius 1 is 1.20 bits per heavy atom. The summed E-state index contributed by atoms with van der Waals surface area (Å²) in [5.74, 6) is 0.163. The molecule has 0 saturated heterocycles. The van der Waals surface area contributed by atoms with Crippen molar-refractivity contribution in [1.82, 2.24) is 9.62 Å². The highest BCUT2D eigenvalue weighted by Crippen LogP contribution is 2.18. The summed E-state index contributed by atoms with van der Waals surface area (Å²) in [5.41, 5.74) is 2.91. The number of fused-ring (bicyclic) bond motifs is 1. The molecule has 1 aliphatic heterocycles. The third-order valence-corrected chi connectivity index (χ3v) is 5.22. The van der Waals surface area contributed by atoms with E-state index in [4.69, 9.17) is 0 Å². The van der Waals surface area contributed by atoms with Crippen LogP contribution in [0.3, 0.4) is 0 Å². The second-order valence-corrected chi connectivity index (χ2v) is 7.40. The average Bonchev–Trinajstić information content (AvgIpc) is 2.46. The van der Waals surface area contributed by atoms with Crippen molar-refractivity contribution in [2.45, 2.75) is 32.7 Å². The monoisotopic (exact) mass is 296 g/mol. The molecule has 0 spiro atoms. The lowest BCUT2D eigenvalue weighted by Gasteiger charge is -2.28. The molecular formula is C15H24N2O2S. The van der Waals surface area contributed by atoms with E-state index in [-0.39, 0.29) is 5.75 Å². The molecule has 0 fully saturated rings. The lowest BCUT2D eigenvalue weighted by atomic mass is 10.00. The number of hydrogen-bond acceptors (Lipinski definition) is 3. The van der Waals surface area contributed by atoms with E-state index in [1.165, 1.54) is 11.1 Å². The maximum absolute atomic E-state index is 11.3. The smallest absolute Gasteiger partial charge is 0.211 e. The van der Waals surface area contributed by atoms with Gasteiger partial charge in [-0.05, 0) is 43.9 Å². The molecule has 0 aromatic heterocycles. The Kier molecular flexibility index (Phi) is 5.57. The Labute approximate surface area is 122 Å². The highest BCUT2D eigenvalue weighted by Gasteiger charge is 2.14. The molecule has 0 aliphatic carbocycles. The van der Waals surface area contributed by atoms with Gasteiger partial charge < -0.3 is 0 Å². The normalized spacial score (nSPS) is 16.1. The maximum atomic E-state index is 11.3. The van der Waals surface area contributed by atoms with Crippen LogP contribution in [0, 0.1) is 0 Å². The summed E-state index contributed by atoms with van der Waals surface area (Å²) in [6, 6.07) is 8.62. The molecule has 0 radical (unpaired) electrons. The summed E-state index contributed by atoms with van der Waals surface area (Å²) in [7, 11) is -3.03. The van der Waals surface area contributed by atoms with Crippen molar-refractivity contribution >= 4 is 10.0 Å². The maximum Gasteiger partial charge on any atom is 0.211 e. The van der Waals surface area contributed by atoms with E-state index < -0.39 is 10.0 Å². The van der Waals surface area contributed by atoms with Crippen molar-refractivity contribution in [3.63, 3.8) is 0 Å². The summed E-state index contributed by atoms with van der Waals surface area (Å²) in [5, 5.41) is 0. The van der Waals surface area contributed by atoms with Crippen molar-refractivity contribution < 1.29 is 8.42 Å². The second kappa shape index (κ2) is 7.20. The molecule has 0 unspecified atom stereocenters. The largest absolute Gasteiger partial charge is 0.299 e. The van der Waals surface area contributed by atoms with Gasteiger partial charge in [0.15, 0.2) is 0 Å². The quantitative estimate of drug-likeness (QED) is 0.780. The fourth-order valence-corrected chi connectivity index (χ4v) is 3.19. The Hall–Kier alpha value is -0.910. The van der Waals surface area contributed by atoms with Crippen LogP contribution in [0.4, 0.5) is 0 Å². The molecule has 0 bridgehead atoms. The van der Waals surface area contributed by atoms with Gasteiger partial charge in [-0.2, -0.15) is 0 Å². The van der Waals surface area contributed by atoms with Crippen LogP contribution in [0.1, 0.15) is 30.9 Å². The van der Waals surface area contributed by atoms with Gasteiger partial charge in [0, 0.05) is 19.6 Å². The molecule has 1 heterocycles. The highest BCUT2D eigenvalue weighted by atomic mass is 32.2. The fraction of sp³-hybridized carbons (Fsp3) is 0.600. The van der Waals surface area contributed by atoms with Gasteiger partial charge in [0.2, 0.25) is 10.0 Å². The van der Waals surface area contributed by atoms with Gasteiger partial charge in [-0.1, -0.05) is 24.3 Å². The Bertz CT molecular complexity index is 528. The van der Waals surface area contributed by atoms with Crippen molar-refractivity contribution in [2.24, 2.45) is 0 Å². The molecule has 4 nitrogen and oxygen atoms in total. The molecule has 5 heteroatoms. The molecule has 1 aromatic carbocycles. The summed E-state index contributed by atoms with van der Waals surface area (Å²) in [6.07, 6.45) is 3.06. The van der Waals surface area contributed by atoms with E-state index in [0.29, 0.717) is 6.54 Å².